The van der Waals surface area contributed by atoms with Crippen molar-refractivity contribution in [1.29, 1.82) is 0 Å². The van der Waals surface area contributed by atoms with Gasteiger partial charge in [-0.2, -0.15) is 0 Å². The zero-order valence-electron chi connectivity index (χ0n) is 12.0. The van der Waals surface area contributed by atoms with E-state index in [1.807, 2.05) is 30.9 Å². The van der Waals surface area contributed by atoms with Crippen LogP contribution in [0.2, 0.25) is 0 Å². The number of hydrogen-bond donors (Lipinski definition) is 0. The molecule has 0 spiro atoms. The van der Waals surface area contributed by atoms with Crippen molar-refractivity contribution < 1.29 is 4.79 Å². The van der Waals surface area contributed by atoms with Gasteiger partial charge in [0, 0.05) is 13.1 Å². The molecular weight excluding hydrogens is 252 g/mol. The van der Waals surface area contributed by atoms with E-state index in [9.17, 15) is 4.79 Å². The molecule has 1 aromatic carbocycles. The third kappa shape index (κ3) is 1.81. The molecular formula is C15H18N4O. The molecule has 3 rings (SSSR count). The second-order valence-corrected chi connectivity index (χ2v) is 5.15. The van der Waals surface area contributed by atoms with E-state index in [-0.39, 0.29) is 11.9 Å². The van der Waals surface area contributed by atoms with Crippen LogP contribution in [0.4, 0.5) is 0 Å². The topological polar surface area (TPSA) is 51.0 Å². The maximum atomic E-state index is 12.8. The summed E-state index contributed by atoms with van der Waals surface area (Å²) in [5.41, 5.74) is 3.75. The summed E-state index contributed by atoms with van der Waals surface area (Å²) in [6.07, 6.45) is 0. The van der Waals surface area contributed by atoms with Crippen molar-refractivity contribution >= 4 is 5.91 Å². The molecule has 0 aliphatic carbocycles. The van der Waals surface area contributed by atoms with Crippen molar-refractivity contribution in [2.45, 2.75) is 39.9 Å². The fourth-order valence-electron chi connectivity index (χ4n) is 2.84. The van der Waals surface area contributed by atoms with Crippen LogP contribution in [0.5, 0.6) is 0 Å². The number of benzene rings is 1. The molecule has 1 aliphatic heterocycles. The minimum atomic E-state index is 0.0121. The van der Waals surface area contributed by atoms with Gasteiger partial charge in [-0.1, -0.05) is 29.5 Å². The Kier molecular flexibility index (Phi) is 3.04. The van der Waals surface area contributed by atoms with Crippen LogP contribution in [0.15, 0.2) is 24.3 Å². The standard InChI is InChI=1S/C15H18N4O/c1-4-19-14(10(2)16-17-19)15(20)18-9-12-7-5-6-8-13(12)11(18)3/h5-8,11H,4,9H2,1-3H3. The molecule has 5 heteroatoms. The minimum absolute atomic E-state index is 0.0121. The lowest BCUT2D eigenvalue weighted by molar-refractivity contribution is 0.0691. The zero-order chi connectivity index (χ0) is 14.3. The van der Waals surface area contributed by atoms with Gasteiger partial charge < -0.3 is 4.90 Å². The summed E-state index contributed by atoms with van der Waals surface area (Å²) in [6, 6.07) is 8.31. The monoisotopic (exact) mass is 270 g/mol. The summed E-state index contributed by atoms with van der Waals surface area (Å²) in [5, 5.41) is 8.04. The average molecular weight is 270 g/mol. The summed E-state index contributed by atoms with van der Waals surface area (Å²) in [5.74, 6) is 0.0121. The predicted molar refractivity (Wildman–Crippen MR) is 75.2 cm³/mol. The zero-order valence-corrected chi connectivity index (χ0v) is 12.0. The van der Waals surface area contributed by atoms with Crippen molar-refractivity contribution in [2.24, 2.45) is 0 Å². The highest BCUT2D eigenvalue weighted by atomic mass is 16.2. The Morgan fingerprint density at radius 3 is 2.85 bits per heavy atom. The smallest absolute Gasteiger partial charge is 0.274 e. The quantitative estimate of drug-likeness (QED) is 0.841. The van der Waals surface area contributed by atoms with Gasteiger partial charge in [-0.05, 0) is 31.9 Å². The Morgan fingerprint density at radius 2 is 2.15 bits per heavy atom. The molecule has 104 valence electrons. The fourth-order valence-corrected chi connectivity index (χ4v) is 2.84. The molecule has 0 N–H and O–H groups in total. The molecule has 2 heterocycles. The Bertz CT molecular complexity index is 662. The largest absolute Gasteiger partial charge is 0.326 e. The molecule has 2 aromatic rings. The minimum Gasteiger partial charge on any atom is -0.326 e. The van der Waals surface area contributed by atoms with Crippen molar-refractivity contribution in [1.82, 2.24) is 19.9 Å². The molecule has 20 heavy (non-hydrogen) atoms. The van der Waals surface area contributed by atoms with E-state index in [1.165, 1.54) is 11.1 Å². The Labute approximate surface area is 118 Å². The highest BCUT2D eigenvalue weighted by molar-refractivity contribution is 5.94. The van der Waals surface area contributed by atoms with Crippen LogP contribution < -0.4 is 0 Å². The van der Waals surface area contributed by atoms with Gasteiger partial charge in [0.2, 0.25) is 0 Å². The average Bonchev–Trinajstić information content (AvgIpc) is 2.99. The molecule has 5 nitrogen and oxygen atoms in total. The van der Waals surface area contributed by atoms with E-state index >= 15 is 0 Å². The highest BCUT2D eigenvalue weighted by Crippen LogP contribution is 2.34. The van der Waals surface area contributed by atoms with Gasteiger partial charge in [0.05, 0.1) is 11.7 Å². The van der Waals surface area contributed by atoms with Gasteiger partial charge in [-0.25, -0.2) is 4.68 Å². The number of fused-ring (bicyclic) bond motifs is 1. The van der Waals surface area contributed by atoms with E-state index in [2.05, 4.69) is 29.4 Å². The van der Waals surface area contributed by atoms with Gasteiger partial charge in [-0.3, -0.25) is 4.79 Å². The fraction of sp³-hybridized carbons (Fsp3) is 0.400. The summed E-state index contributed by atoms with van der Waals surface area (Å²) < 4.78 is 1.67. The summed E-state index contributed by atoms with van der Waals surface area (Å²) in [6.45, 7) is 7.17. The predicted octanol–water partition coefficient (Wildman–Crippen LogP) is 2.32. The van der Waals surface area contributed by atoms with Gasteiger partial charge >= 0.3 is 0 Å². The second-order valence-electron chi connectivity index (χ2n) is 5.15. The molecule has 1 atom stereocenters. The van der Waals surface area contributed by atoms with Crippen LogP contribution in [0, 0.1) is 6.92 Å². The Balaban J connectivity index is 1.95. The number of rotatable bonds is 2. The van der Waals surface area contributed by atoms with Crippen molar-refractivity contribution in [3.63, 3.8) is 0 Å². The van der Waals surface area contributed by atoms with E-state index in [0.29, 0.717) is 24.5 Å². The van der Waals surface area contributed by atoms with Gasteiger partial charge in [0.15, 0.2) is 0 Å². The lowest BCUT2D eigenvalue weighted by Gasteiger charge is -2.22. The summed E-state index contributed by atoms with van der Waals surface area (Å²) >= 11 is 0. The number of hydrogen-bond acceptors (Lipinski definition) is 3. The van der Waals surface area contributed by atoms with Crippen LogP contribution in [0.25, 0.3) is 0 Å². The first-order valence-electron chi connectivity index (χ1n) is 6.92. The Morgan fingerprint density at radius 1 is 1.40 bits per heavy atom. The first-order valence-corrected chi connectivity index (χ1v) is 6.92. The molecule has 0 saturated heterocycles. The van der Waals surface area contributed by atoms with Gasteiger partial charge in [0.25, 0.3) is 5.91 Å². The number of nitrogens with zero attached hydrogens (tertiary/aromatic N) is 4. The first-order chi connectivity index (χ1) is 9.63. The molecule has 1 unspecified atom stereocenters. The molecule has 1 amide bonds. The normalized spacial score (nSPS) is 17.4. The van der Waals surface area contributed by atoms with E-state index in [4.69, 9.17) is 0 Å². The maximum Gasteiger partial charge on any atom is 0.274 e. The number of carbonyl (C=O) groups is 1. The SMILES string of the molecule is CCn1nnc(C)c1C(=O)N1Cc2ccccc2C1C. The van der Waals surface area contributed by atoms with Crippen LogP contribution >= 0.6 is 0 Å². The molecule has 0 saturated carbocycles. The first kappa shape index (κ1) is 12.8. The third-order valence-corrected chi connectivity index (χ3v) is 3.98. The molecule has 0 fully saturated rings. The second kappa shape index (κ2) is 4.74. The molecule has 1 aliphatic rings. The number of amides is 1. The highest BCUT2D eigenvalue weighted by Gasteiger charge is 2.33. The summed E-state index contributed by atoms with van der Waals surface area (Å²) in [4.78, 5) is 14.7. The van der Waals surface area contributed by atoms with Crippen molar-refractivity contribution in [2.75, 3.05) is 0 Å². The van der Waals surface area contributed by atoms with Crippen LogP contribution in [-0.2, 0) is 13.1 Å². The van der Waals surface area contributed by atoms with Crippen LogP contribution in [0.3, 0.4) is 0 Å². The van der Waals surface area contributed by atoms with E-state index in [1.54, 1.807) is 4.68 Å². The summed E-state index contributed by atoms with van der Waals surface area (Å²) in [7, 11) is 0. The van der Waals surface area contributed by atoms with E-state index in [0.717, 1.165) is 0 Å². The van der Waals surface area contributed by atoms with Crippen molar-refractivity contribution in [3.8, 4) is 0 Å². The number of carbonyl (C=O) groups excluding carboxylic acids is 1. The number of aryl methyl sites for hydroxylation is 2. The molecule has 1 aromatic heterocycles. The molecule has 0 bridgehead atoms. The molecule has 0 radical (unpaired) electrons. The Hall–Kier alpha value is -2.17. The lowest BCUT2D eigenvalue weighted by atomic mass is 10.1. The third-order valence-electron chi connectivity index (χ3n) is 3.98. The van der Waals surface area contributed by atoms with Crippen LogP contribution in [-0.4, -0.2) is 25.8 Å². The van der Waals surface area contributed by atoms with E-state index < -0.39 is 0 Å². The maximum absolute atomic E-state index is 12.8. The number of aromatic nitrogens is 3. The lowest BCUT2D eigenvalue weighted by Crippen LogP contribution is -2.30. The van der Waals surface area contributed by atoms with Gasteiger partial charge in [-0.15, -0.1) is 5.10 Å². The van der Waals surface area contributed by atoms with Crippen molar-refractivity contribution in [3.05, 3.63) is 46.8 Å². The van der Waals surface area contributed by atoms with Gasteiger partial charge in [0.1, 0.15) is 5.69 Å². The van der Waals surface area contributed by atoms with Crippen LogP contribution in [0.1, 0.15) is 47.2 Å².